The highest BCUT2D eigenvalue weighted by atomic mass is 35.5. The van der Waals surface area contributed by atoms with Gasteiger partial charge in [0, 0.05) is 18.0 Å². The quantitative estimate of drug-likeness (QED) is 0.572. The second-order valence-electron chi connectivity index (χ2n) is 4.24. The first-order valence-electron chi connectivity index (χ1n) is 6.41. The zero-order valence-electron chi connectivity index (χ0n) is 11.1. The van der Waals surface area contributed by atoms with Gasteiger partial charge in [-0.1, -0.05) is 24.4 Å². The molecule has 0 heterocycles. The predicted molar refractivity (Wildman–Crippen MR) is 81.1 cm³/mol. The van der Waals surface area contributed by atoms with E-state index in [1.54, 1.807) is 17.8 Å². The summed E-state index contributed by atoms with van der Waals surface area (Å²) >= 11 is 7.62. The second kappa shape index (κ2) is 9.23. The maximum absolute atomic E-state index is 12.0. The fourth-order valence-corrected chi connectivity index (χ4v) is 2.34. The van der Waals surface area contributed by atoms with Crippen molar-refractivity contribution >= 4 is 29.3 Å². The summed E-state index contributed by atoms with van der Waals surface area (Å²) in [6.07, 6.45) is 5.72. The molecule has 0 aromatic heterocycles. The number of hydrogen-bond donors (Lipinski definition) is 2. The normalized spacial score (nSPS) is 10.5. The van der Waals surface area contributed by atoms with Gasteiger partial charge in [-0.2, -0.15) is 0 Å². The molecule has 1 aromatic carbocycles. The average Bonchev–Trinajstić information content (AvgIpc) is 2.43. The molecular formula is C14H20ClNO2S. The predicted octanol–water partition coefficient (Wildman–Crippen LogP) is 3.34. The minimum atomic E-state index is -0.122. The summed E-state index contributed by atoms with van der Waals surface area (Å²) in [7, 11) is 0. The number of aliphatic hydroxyl groups excluding tert-OH is 1. The van der Waals surface area contributed by atoms with Crippen molar-refractivity contribution in [2.24, 2.45) is 0 Å². The van der Waals surface area contributed by atoms with Gasteiger partial charge in [0.05, 0.1) is 10.6 Å². The number of carbonyl (C=O) groups excluding carboxylic acids is 1. The van der Waals surface area contributed by atoms with Crippen molar-refractivity contribution in [3.8, 4) is 0 Å². The number of benzene rings is 1. The molecule has 0 aliphatic carbocycles. The van der Waals surface area contributed by atoms with Crippen molar-refractivity contribution < 1.29 is 9.90 Å². The van der Waals surface area contributed by atoms with E-state index in [4.69, 9.17) is 16.7 Å². The molecule has 0 atom stereocenters. The van der Waals surface area contributed by atoms with Gasteiger partial charge in [-0.05, 0) is 37.3 Å². The van der Waals surface area contributed by atoms with E-state index in [2.05, 4.69) is 5.32 Å². The van der Waals surface area contributed by atoms with Gasteiger partial charge in [0.2, 0.25) is 0 Å². The molecule has 0 aliphatic rings. The molecule has 0 fully saturated rings. The van der Waals surface area contributed by atoms with Gasteiger partial charge in [-0.3, -0.25) is 4.79 Å². The Bertz CT molecular complexity index is 412. The van der Waals surface area contributed by atoms with Crippen LogP contribution in [0, 0.1) is 0 Å². The van der Waals surface area contributed by atoms with Crippen molar-refractivity contribution in [3.63, 3.8) is 0 Å². The molecular weight excluding hydrogens is 282 g/mol. The van der Waals surface area contributed by atoms with Gasteiger partial charge in [0.15, 0.2) is 0 Å². The summed E-state index contributed by atoms with van der Waals surface area (Å²) in [5.41, 5.74) is 0.531. The topological polar surface area (TPSA) is 49.3 Å². The summed E-state index contributed by atoms with van der Waals surface area (Å²) in [4.78, 5) is 13.0. The Morgan fingerprint density at radius 2 is 2.05 bits per heavy atom. The van der Waals surface area contributed by atoms with E-state index in [1.807, 2.05) is 18.4 Å². The van der Waals surface area contributed by atoms with E-state index >= 15 is 0 Å². The molecule has 0 saturated heterocycles. The van der Waals surface area contributed by atoms with Gasteiger partial charge in [0.25, 0.3) is 5.91 Å². The van der Waals surface area contributed by atoms with Crippen LogP contribution in [-0.2, 0) is 0 Å². The Balaban J connectivity index is 2.40. The number of rotatable bonds is 8. The molecule has 1 amide bonds. The van der Waals surface area contributed by atoms with Crippen LogP contribution in [0.25, 0.3) is 0 Å². The summed E-state index contributed by atoms with van der Waals surface area (Å²) < 4.78 is 0. The first-order chi connectivity index (χ1) is 9.19. The summed E-state index contributed by atoms with van der Waals surface area (Å²) in [5.74, 6) is -0.122. The van der Waals surface area contributed by atoms with Gasteiger partial charge in [0.1, 0.15) is 0 Å². The lowest BCUT2D eigenvalue weighted by atomic mass is 10.2. The van der Waals surface area contributed by atoms with Crippen molar-refractivity contribution in [1.82, 2.24) is 5.32 Å². The maximum Gasteiger partial charge on any atom is 0.252 e. The molecule has 5 heteroatoms. The number of aliphatic hydroxyl groups is 1. The van der Waals surface area contributed by atoms with Crippen LogP contribution in [0.4, 0.5) is 0 Å². The molecule has 0 radical (unpaired) electrons. The molecule has 0 unspecified atom stereocenters. The zero-order chi connectivity index (χ0) is 14.1. The number of hydrogen-bond acceptors (Lipinski definition) is 3. The fraction of sp³-hybridized carbons (Fsp3) is 0.500. The third-order valence-electron chi connectivity index (χ3n) is 2.79. The summed E-state index contributed by atoms with van der Waals surface area (Å²) in [6, 6.07) is 5.47. The monoisotopic (exact) mass is 301 g/mol. The van der Waals surface area contributed by atoms with Gasteiger partial charge in [-0.25, -0.2) is 0 Å². The minimum absolute atomic E-state index is 0.122. The highest BCUT2D eigenvalue weighted by molar-refractivity contribution is 7.98. The van der Waals surface area contributed by atoms with E-state index in [0.29, 0.717) is 17.1 Å². The largest absolute Gasteiger partial charge is 0.396 e. The van der Waals surface area contributed by atoms with Crippen molar-refractivity contribution in [2.75, 3.05) is 19.4 Å². The van der Waals surface area contributed by atoms with E-state index in [0.717, 1.165) is 30.6 Å². The first-order valence-corrected chi connectivity index (χ1v) is 8.02. The Kier molecular flexibility index (Phi) is 7.94. The SMILES string of the molecule is CSc1ccc(Cl)c(C(=O)NCCCCCCO)c1. The molecule has 106 valence electrons. The molecule has 2 N–H and O–H groups in total. The Labute approximate surface area is 123 Å². The van der Waals surface area contributed by atoms with Gasteiger partial charge < -0.3 is 10.4 Å². The summed E-state index contributed by atoms with van der Waals surface area (Å²) in [5, 5.41) is 12.0. The molecule has 0 spiro atoms. The molecule has 0 saturated carbocycles. The molecule has 1 rings (SSSR count). The van der Waals surface area contributed by atoms with Crippen molar-refractivity contribution in [3.05, 3.63) is 28.8 Å². The lowest BCUT2D eigenvalue weighted by molar-refractivity contribution is 0.0952. The smallest absolute Gasteiger partial charge is 0.252 e. The molecule has 19 heavy (non-hydrogen) atoms. The third kappa shape index (κ3) is 5.85. The van der Waals surface area contributed by atoms with Crippen molar-refractivity contribution in [2.45, 2.75) is 30.6 Å². The number of amides is 1. The number of thioether (sulfide) groups is 1. The van der Waals surface area contributed by atoms with Crippen LogP contribution in [0.3, 0.4) is 0 Å². The lowest BCUT2D eigenvalue weighted by Crippen LogP contribution is -2.24. The summed E-state index contributed by atoms with van der Waals surface area (Å²) in [6.45, 7) is 0.882. The fourth-order valence-electron chi connectivity index (χ4n) is 1.69. The molecule has 0 aliphatic heterocycles. The first kappa shape index (κ1) is 16.3. The maximum atomic E-state index is 12.0. The van der Waals surface area contributed by atoms with Crippen LogP contribution in [0.15, 0.2) is 23.1 Å². The number of carbonyl (C=O) groups is 1. The van der Waals surface area contributed by atoms with E-state index in [9.17, 15) is 4.79 Å². The highest BCUT2D eigenvalue weighted by Gasteiger charge is 2.10. The lowest BCUT2D eigenvalue weighted by Gasteiger charge is -2.08. The van der Waals surface area contributed by atoms with Crippen molar-refractivity contribution in [1.29, 1.82) is 0 Å². The van der Waals surface area contributed by atoms with Crippen LogP contribution < -0.4 is 5.32 Å². The van der Waals surface area contributed by atoms with E-state index in [1.165, 1.54) is 0 Å². The minimum Gasteiger partial charge on any atom is -0.396 e. The Hall–Kier alpha value is -0.710. The van der Waals surface area contributed by atoms with E-state index < -0.39 is 0 Å². The number of nitrogens with one attached hydrogen (secondary N) is 1. The zero-order valence-corrected chi connectivity index (χ0v) is 12.7. The van der Waals surface area contributed by atoms with E-state index in [-0.39, 0.29) is 12.5 Å². The molecule has 1 aromatic rings. The van der Waals surface area contributed by atoms with Crippen LogP contribution in [-0.4, -0.2) is 30.4 Å². The highest BCUT2D eigenvalue weighted by Crippen LogP contribution is 2.22. The number of halogens is 1. The third-order valence-corrected chi connectivity index (χ3v) is 3.84. The average molecular weight is 302 g/mol. The van der Waals surface area contributed by atoms with Crippen LogP contribution in [0.5, 0.6) is 0 Å². The second-order valence-corrected chi connectivity index (χ2v) is 5.53. The Morgan fingerprint density at radius 3 is 2.74 bits per heavy atom. The van der Waals surface area contributed by atoms with Crippen LogP contribution in [0.2, 0.25) is 5.02 Å². The van der Waals surface area contributed by atoms with Gasteiger partial charge in [-0.15, -0.1) is 11.8 Å². The van der Waals surface area contributed by atoms with Crippen LogP contribution in [0.1, 0.15) is 36.0 Å². The van der Waals surface area contributed by atoms with Gasteiger partial charge >= 0.3 is 0 Å². The molecule has 3 nitrogen and oxygen atoms in total. The molecule has 0 bridgehead atoms. The standard InChI is InChI=1S/C14H20ClNO2S/c1-19-11-6-7-13(15)12(10-11)14(18)16-8-4-2-3-5-9-17/h6-7,10,17H,2-5,8-9H2,1H3,(H,16,18). The van der Waals surface area contributed by atoms with Crippen LogP contribution >= 0.6 is 23.4 Å². The Morgan fingerprint density at radius 1 is 1.32 bits per heavy atom. The number of unbranched alkanes of at least 4 members (excludes halogenated alkanes) is 3.